The van der Waals surface area contributed by atoms with E-state index >= 15 is 0 Å². The minimum atomic E-state index is -0.442. The highest BCUT2D eigenvalue weighted by Gasteiger charge is 2.33. The van der Waals surface area contributed by atoms with Gasteiger partial charge in [-0.3, -0.25) is 14.5 Å². The molecule has 2 aromatic rings. The molecule has 2 amide bonds. The van der Waals surface area contributed by atoms with Crippen molar-refractivity contribution < 1.29 is 14.3 Å². The van der Waals surface area contributed by atoms with Gasteiger partial charge in [-0.05, 0) is 42.7 Å². The largest absolute Gasteiger partial charge is 0.496 e. The zero-order chi connectivity index (χ0) is 23.4. The summed E-state index contributed by atoms with van der Waals surface area (Å²) in [5.41, 5.74) is 4.67. The Hall–Kier alpha value is -3.06. The van der Waals surface area contributed by atoms with Crippen LogP contribution in [-0.4, -0.2) is 74.0 Å². The van der Waals surface area contributed by atoms with Crippen LogP contribution in [0, 0.1) is 13.8 Å². The molecule has 4 rings (SSSR count). The van der Waals surface area contributed by atoms with E-state index in [1.165, 1.54) is 11.3 Å². The van der Waals surface area contributed by atoms with Crippen LogP contribution in [0.25, 0.3) is 0 Å². The number of para-hydroxylation sites is 1. The summed E-state index contributed by atoms with van der Waals surface area (Å²) >= 11 is 0. The van der Waals surface area contributed by atoms with Crippen molar-refractivity contribution in [3.8, 4) is 5.75 Å². The van der Waals surface area contributed by atoms with Gasteiger partial charge in [0.25, 0.3) is 0 Å². The van der Waals surface area contributed by atoms with Crippen LogP contribution in [0.1, 0.15) is 23.1 Å². The molecule has 0 bridgehead atoms. The predicted molar refractivity (Wildman–Crippen MR) is 130 cm³/mol. The van der Waals surface area contributed by atoms with E-state index in [-0.39, 0.29) is 18.2 Å². The molecule has 0 aromatic heterocycles. The van der Waals surface area contributed by atoms with E-state index < -0.39 is 6.04 Å². The van der Waals surface area contributed by atoms with Crippen LogP contribution in [0.2, 0.25) is 0 Å². The van der Waals surface area contributed by atoms with Crippen LogP contribution in [0.4, 0.5) is 5.69 Å². The second kappa shape index (κ2) is 10.3. The number of hydrogen-bond donors (Lipinski definition) is 1. The second-order valence-electron chi connectivity index (χ2n) is 8.94. The normalized spacial score (nSPS) is 19.4. The van der Waals surface area contributed by atoms with Gasteiger partial charge in [0.2, 0.25) is 11.8 Å². The van der Waals surface area contributed by atoms with Crippen LogP contribution in [-0.2, 0) is 16.1 Å². The van der Waals surface area contributed by atoms with E-state index in [1.807, 2.05) is 30.0 Å². The number of benzene rings is 2. The molecule has 2 aromatic carbocycles. The van der Waals surface area contributed by atoms with Gasteiger partial charge in [-0.15, -0.1) is 0 Å². The lowest BCUT2D eigenvalue weighted by molar-refractivity contribution is -0.139. The van der Waals surface area contributed by atoms with Crippen LogP contribution in [0.5, 0.6) is 5.75 Å². The SMILES string of the molecule is COc1ccc(CN2CCNC(=O)C2CC(=O)N2CCN(c3ccccc3C)CC2)cc1C. The Labute approximate surface area is 196 Å². The average molecular weight is 451 g/mol. The van der Waals surface area contributed by atoms with Crippen molar-refractivity contribution in [2.45, 2.75) is 32.9 Å². The molecule has 7 nitrogen and oxygen atoms in total. The van der Waals surface area contributed by atoms with Gasteiger partial charge in [0.05, 0.1) is 19.6 Å². The summed E-state index contributed by atoms with van der Waals surface area (Å²) in [6, 6.07) is 14.0. The quantitative estimate of drug-likeness (QED) is 0.732. The first-order valence-corrected chi connectivity index (χ1v) is 11.7. The fourth-order valence-electron chi connectivity index (χ4n) is 4.86. The Bertz CT molecular complexity index is 1000. The third-order valence-corrected chi connectivity index (χ3v) is 6.74. The molecule has 1 N–H and O–H groups in total. The third-order valence-electron chi connectivity index (χ3n) is 6.74. The van der Waals surface area contributed by atoms with Gasteiger partial charge in [-0.1, -0.05) is 30.3 Å². The third kappa shape index (κ3) is 5.30. The smallest absolute Gasteiger partial charge is 0.237 e. The van der Waals surface area contributed by atoms with Crippen molar-refractivity contribution in [1.82, 2.24) is 15.1 Å². The monoisotopic (exact) mass is 450 g/mol. The fraction of sp³-hybridized carbons (Fsp3) is 0.462. The fourth-order valence-corrected chi connectivity index (χ4v) is 4.86. The van der Waals surface area contributed by atoms with Crippen molar-refractivity contribution in [3.05, 3.63) is 59.2 Å². The lowest BCUT2D eigenvalue weighted by Crippen LogP contribution is -2.57. The number of ether oxygens (including phenoxy) is 1. The lowest BCUT2D eigenvalue weighted by atomic mass is 10.0. The molecule has 2 aliphatic rings. The Morgan fingerprint density at radius 1 is 1.03 bits per heavy atom. The highest BCUT2D eigenvalue weighted by atomic mass is 16.5. The first-order chi connectivity index (χ1) is 16.0. The molecule has 176 valence electrons. The Balaban J connectivity index is 1.37. The zero-order valence-electron chi connectivity index (χ0n) is 19.8. The minimum Gasteiger partial charge on any atom is -0.496 e. The Morgan fingerprint density at radius 3 is 2.48 bits per heavy atom. The van der Waals surface area contributed by atoms with E-state index in [4.69, 9.17) is 4.74 Å². The standard InChI is InChI=1S/C26H34N4O3/c1-19-6-4-5-7-22(19)28-12-14-29(15-13-28)25(31)17-23-26(32)27-10-11-30(23)18-21-8-9-24(33-3)20(2)16-21/h4-9,16,23H,10-15,17-18H2,1-3H3,(H,27,32). The molecule has 1 unspecified atom stereocenters. The molecule has 2 fully saturated rings. The number of hydrogen-bond acceptors (Lipinski definition) is 5. The van der Waals surface area contributed by atoms with Crippen LogP contribution in [0.3, 0.4) is 0 Å². The van der Waals surface area contributed by atoms with E-state index in [0.29, 0.717) is 26.2 Å². The highest BCUT2D eigenvalue weighted by molar-refractivity contribution is 5.89. The second-order valence-corrected chi connectivity index (χ2v) is 8.94. The summed E-state index contributed by atoms with van der Waals surface area (Å²) in [6.07, 6.45) is 0.214. The van der Waals surface area contributed by atoms with Crippen molar-refractivity contribution in [3.63, 3.8) is 0 Å². The van der Waals surface area contributed by atoms with Crippen molar-refractivity contribution in [2.24, 2.45) is 0 Å². The Morgan fingerprint density at radius 2 is 1.79 bits per heavy atom. The number of carbonyl (C=O) groups excluding carboxylic acids is 2. The number of piperazine rings is 2. The Kier molecular flexibility index (Phi) is 7.18. The molecule has 2 saturated heterocycles. The van der Waals surface area contributed by atoms with Crippen LogP contribution in [0.15, 0.2) is 42.5 Å². The molecule has 1 atom stereocenters. The maximum absolute atomic E-state index is 13.1. The molecule has 0 radical (unpaired) electrons. The molecule has 33 heavy (non-hydrogen) atoms. The molecule has 7 heteroatoms. The number of methoxy groups -OCH3 is 1. The summed E-state index contributed by atoms with van der Waals surface area (Å²) in [5, 5.41) is 2.94. The maximum atomic E-state index is 13.1. The highest BCUT2D eigenvalue weighted by Crippen LogP contribution is 2.23. The van der Waals surface area contributed by atoms with Gasteiger partial charge in [-0.2, -0.15) is 0 Å². The number of nitrogens with one attached hydrogen (secondary N) is 1. The first kappa shape index (κ1) is 23.1. The van der Waals surface area contributed by atoms with E-state index in [1.54, 1.807) is 7.11 Å². The number of anilines is 1. The molecule has 0 saturated carbocycles. The topological polar surface area (TPSA) is 65.1 Å². The molecular weight excluding hydrogens is 416 g/mol. The molecular formula is C26H34N4O3. The number of amides is 2. The number of aryl methyl sites for hydroxylation is 2. The summed E-state index contributed by atoms with van der Waals surface area (Å²) in [6.45, 7) is 9.08. The first-order valence-electron chi connectivity index (χ1n) is 11.7. The number of rotatable bonds is 6. The molecule has 0 aliphatic carbocycles. The molecule has 0 spiro atoms. The summed E-state index contributed by atoms with van der Waals surface area (Å²) in [5.74, 6) is 0.850. The van der Waals surface area contributed by atoms with Gasteiger partial charge >= 0.3 is 0 Å². The van der Waals surface area contributed by atoms with Crippen molar-refractivity contribution in [1.29, 1.82) is 0 Å². The van der Waals surface area contributed by atoms with Crippen LogP contribution < -0.4 is 15.0 Å². The maximum Gasteiger partial charge on any atom is 0.237 e. The number of carbonyl (C=O) groups is 2. The predicted octanol–water partition coefficient (Wildman–Crippen LogP) is 2.35. The van der Waals surface area contributed by atoms with E-state index in [0.717, 1.165) is 36.5 Å². The van der Waals surface area contributed by atoms with E-state index in [9.17, 15) is 9.59 Å². The molecule has 2 aliphatic heterocycles. The number of nitrogens with zero attached hydrogens (tertiary/aromatic N) is 3. The lowest BCUT2D eigenvalue weighted by Gasteiger charge is -2.39. The van der Waals surface area contributed by atoms with Gasteiger partial charge < -0.3 is 19.9 Å². The van der Waals surface area contributed by atoms with Gasteiger partial charge in [-0.25, -0.2) is 0 Å². The van der Waals surface area contributed by atoms with Gasteiger partial charge in [0.1, 0.15) is 5.75 Å². The summed E-state index contributed by atoms with van der Waals surface area (Å²) < 4.78 is 5.36. The van der Waals surface area contributed by atoms with E-state index in [2.05, 4.69) is 46.3 Å². The molecule has 2 heterocycles. The van der Waals surface area contributed by atoms with Crippen molar-refractivity contribution >= 4 is 17.5 Å². The average Bonchev–Trinajstić information content (AvgIpc) is 2.82. The zero-order valence-corrected chi connectivity index (χ0v) is 19.8. The summed E-state index contributed by atoms with van der Waals surface area (Å²) in [4.78, 5) is 32.2. The van der Waals surface area contributed by atoms with Gasteiger partial charge in [0, 0.05) is 51.5 Å². The van der Waals surface area contributed by atoms with Gasteiger partial charge in [0.15, 0.2) is 0 Å². The minimum absolute atomic E-state index is 0.0531. The summed E-state index contributed by atoms with van der Waals surface area (Å²) in [7, 11) is 1.67. The van der Waals surface area contributed by atoms with Crippen molar-refractivity contribution in [2.75, 3.05) is 51.3 Å². The van der Waals surface area contributed by atoms with Crippen LogP contribution >= 0.6 is 0 Å².